The summed E-state index contributed by atoms with van der Waals surface area (Å²) < 4.78 is 7.19. The molecule has 4 rings (SSSR count). The second kappa shape index (κ2) is 8.61. The van der Waals surface area contributed by atoms with Crippen molar-refractivity contribution in [3.05, 3.63) is 72.3 Å². The molecule has 0 radical (unpaired) electrons. The highest BCUT2D eigenvalue weighted by atomic mass is 16.5. The molecule has 1 unspecified atom stereocenters. The topological polar surface area (TPSA) is 117 Å². The van der Waals surface area contributed by atoms with Gasteiger partial charge >= 0.3 is 6.03 Å². The van der Waals surface area contributed by atoms with E-state index in [1.165, 1.54) is 18.5 Å². The molecule has 0 fully saturated rings. The van der Waals surface area contributed by atoms with Gasteiger partial charge < -0.3 is 15.4 Å². The molecule has 31 heavy (non-hydrogen) atoms. The average molecular weight is 413 g/mol. The number of ether oxygens (including phenoxy) is 1. The van der Waals surface area contributed by atoms with Gasteiger partial charge in [-0.1, -0.05) is 30.3 Å². The molecular weight excluding hydrogens is 394 g/mol. The number of hydrogen-bond donors (Lipinski definition) is 2. The van der Waals surface area contributed by atoms with Crippen LogP contribution in [-0.4, -0.2) is 32.7 Å². The molecule has 9 heteroatoms. The molecule has 0 saturated carbocycles. The van der Waals surface area contributed by atoms with E-state index in [9.17, 15) is 4.79 Å². The number of methoxy groups -OCH3 is 1. The zero-order valence-electron chi connectivity index (χ0n) is 16.9. The number of nitriles is 1. The van der Waals surface area contributed by atoms with Gasteiger partial charge in [-0.3, -0.25) is 4.98 Å². The Bertz CT molecular complexity index is 1280. The summed E-state index contributed by atoms with van der Waals surface area (Å²) in [6.45, 7) is 1.87. The largest absolute Gasteiger partial charge is 0.377 e. The van der Waals surface area contributed by atoms with Crippen molar-refractivity contribution in [2.24, 2.45) is 0 Å². The third-order valence-corrected chi connectivity index (χ3v) is 4.73. The van der Waals surface area contributed by atoms with E-state index in [-0.39, 0.29) is 6.10 Å². The first-order chi connectivity index (χ1) is 15.1. The third-order valence-electron chi connectivity index (χ3n) is 4.73. The third kappa shape index (κ3) is 4.19. The average Bonchev–Trinajstić information content (AvgIpc) is 3.23. The number of urea groups is 1. The number of hydrogen-bond acceptors (Lipinski definition) is 6. The van der Waals surface area contributed by atoms with Gasteiger partial charge in [0.15, 0.2) is 5.65 Å². The predicted molar refractivity (Wildman–Crippen MR) is 115 cm³/mol. The molecule has 2 N–H and O–H groups in total. The van der Waals surface area contributed by atoms with Crippen LogP contribution in [0.1, 0.15) is 24.2 Å². The lowest BCUT2D eigenvalue weighted by Crippen LogP contribution is -2.21. The predicted octanol–water partition coefficient (Wildman–Crippen LogP) is 4.01. The summed E-state index contributed by atoms with van der Waals surface area (Å²) in [5.74, 6) is 0. The molecular formula is C22H19N7O2. The van der Waals surface area contributed by atoms with Crippen molar-refractivity contribution in [3.63, 3.8) is 0 Å². The van der Waals surface area contributed by atoms with Crippen molar-refractivity contribution in [2.45, 2.75) is 13.0 Å². The Morgan fingerprint density at radius 2 is 2.00 bits per heavy atom. The Hall–Kier alpha value is -4.29. The van der Waals surface area contributed by atoms with Crippen molar-refractivity contribution in [1.29, 1.82) is 5.26 Å². The Labute approximate surface area is 178 Å². The van der Waals surface area contributed by atoms with Crippen molar-refractivity contribution < 1.29 is 9.53 Å². The molecule has 3 heterocycles. The van der Waals surface area contributed by atoms with Crippen molar-refractivity contribution in [3.8, 4) is 17.3 Å². The summed E-state index contributed by atoms with van der Waals surface area (Å²) in [4.78, 5) is 21.2. The molecule has 0 spiro atoms. The zero-order valence-corrected chi connectivity index (χ0v) is 16.9. The fourth-order valence-corrected chi connectivity index (χ4v) is 3.17. The minimum Gasteiger partial charge on any atom is -0.377 e. The summed E-state index contributed by atoms with van der Waals surface area (Å²) in [7, 11) is 1.59. The number of fused-ring (bicyclic) bond motifs is 1. The molecule has 1 aromatic carbocycles. The van der Waals surface area contributed by atoms with Crippen LogP contribution in [0.3, 0.4) is 0 Å². The highest BCUT2D eigenvalue weighted by molar-refractivity contribution is 6.00. The minimum atomic E-state index is -0.498. The van der Waals surface area contributed by atoms with Crippen LogP contribution in [0.2, 0.25) is 0 Å². The van der Waals surface area contributed by atoms with Gasteiger partial charge in [-0.2, -0.15) is 10.4 Å². The summed E-state index contributed by atoms with van der Waals surface area (Å²) >= 11 is 0. The van der Waals surface area contributed by atoms with Gasteiger partial charge in [0.1, 0.15) is 6.07 Å². The van der Waals surface area contributed by atoms with Gasteiger partial charge in [-0.05, 0) is 13.0 Å². The first-order valence-electron chi connectivity index (χ1n) is 9.48. The Balaban J connectivity index is 1.68. The fourth-order valence-electron chi connectivity index (χ4n) is 3.17. The molecule has 154 valence electrons. The van der Waals surface area contributed by atoms with Gasteiger partial charge in [0.2, 0.25) is 0 Å². The van der Waals surface area contributed by atoms with E-state index < -0.39 is 6.03 Å². The molecule has 3 aromatic heterocycles. The number of amides is 2. The van der Waals surface area contributed by atoms with E-state index in [0.29, 0.717) is 28.1 Å². The van der Waals surface area contributed by atoms with E-state index in [1.54, 1.807) is 17.8 Å². The first kappa shape index (κ1) is 20.0. The van der Waals surface area contributed by atoms with Crippen LogP contribution in [0, 0.1) is 11.3 Å². The maximum Gasteiger partial charge on any atom is 0.323 e. The van der Waals surface area contributed by atoms with Crippen molar-refractivity contribution >= 4 is 23.1 Å². The first-order valence-corrected chi connectivity index (χ1v) is 9.48. The number of anilines is 2. The summed E-state index contributed by atoms with van der Waals surface area (Å²) in [5, 5.41) is 18.8. The van der Waals surface area contributed by atoms with Crippen LogP contribution in [-0.2, 0) is 4.74 Å². The zero-order chi connectivity index (χ0) is 21.8. The molecule has 0 bridgehead atoms. The number of nitrogens with zero attached hydrogens (tertiary/aromatic N) is 5. The van der Waals surface area contributed by atoms with Crippen LogP contribution >= 0.6 is 0 Å². The molecule has 0 aliphatic carbocycles. The van der Waals surface area contributed by atoms with Crippen molar-refractivity contribution in [2.75, 3.05) is 17.7 Å². The fraction of sp³-hybridized carbons (Fsp3) is 0.136. The number of benzene rings is 1. The molecule has 9 nitrogen and oxygen atoms in total. The lowest BCUT2D eigenvalue weighted by Gasteiger charge is -2.16. The van der Waals surface area contributed by atoms with E-state index in [4.69, 9.17) is 15.0 Å². The van der Waals surface area contributed by atoms with Crippen LogP contribution in [0.15, 0.2) is 61.2 Å². The van der Waals surface area contributed by atoms with Crippen LogP contribution in [0.4, 0.5) is 16.2 Å². The molecule has 1 atom stereocenters. The number of carbonyl (C=O) groups is 1. The molecule has 4 aromatic rings. The number of aromatic nitrogens is 4. The van der Waals surface area contributed by atoms with Crippen LogP contribution in [0.5, 0.6) is 0 Å². The quantitative estimate of drug-likeness (QED) is 0.510. The maximum atomic E-state index is 12.6. The number of nitrogens with one attached hydrogen (secondary N) is 2. The standard InChI is InChI=1S/C22H19N7O2/c1-14(31-2)20-18(28-22(30)26-17-8-15(9-23)10-24-11-17)12-25-29-13-19(27-21(20)29)16-6-4-3-5-7-16/h3-8,10-14H,1-2H3,(H2,26,28,30). The van der Waals surface area contributed by atoms with Gasteiger partial charge in [-0.25, -0.2) is 14.3 Å². The second-order valence-corrected chi connectivity index (χ2v) is 6.76. The number of rotatable bonds is 5. The number of pyridine rings is 1. The van der Waals surface area contributed by atoms with Crippen LogP contribution in [0.25, 0.3) is 16.9 Å². The monoisotopic (exact) mass is 413 g/mol. The van der Waals surface area contributed by atoms with Crippen molar-refractivity contribution in [1.82, 2.24) is 19.6 Å². The van der Waals surface area contributed by atoms with Gasteiger partial charge in [0, 0.05) is 18.9 Å². The van der Waals surface area contributed by atoms with E-state index in [0.717, 1.165) is 11.3 Å². The van der Waals surface area contributed by atoms with Crippen LogP contribution < -0.4 is 10.6 Å². The highest BCUT2D eigenvalue weighted by Gasteiger charge is 2.20. The SMILES string of the molecule is COC(C)c1c(NC(=O)Nc2cncc(C#N)c2)cnn2cc(-c3ccccc3)nc12. The molecule has 0 saturated heterocycles. The van der Waals surface area contributed by atoms with E-state index in [1.807, 2.05) is 49.5 Å². The van der Waals surface area contributed by atoms with Gasteiger partial charge in [-0.15, -0.1) is 0 Å². The van der Waals surface area contributed by atoms with Gasteiger partial charge in [0.05, 0.1) is 52.9 Å². The Morgan fingerprint density at radius 3 is 2.74 bits per heavy atom. The summed E-state index contributed by atoms with van der Waals surface area (Å²) in [6.07, 6.45) is 5.91. The number of carbonyl (C=O) groups excluding carboxylic acids is 1. The number of imidazole rings is 1. The minimum absolute atomic E-state index is 0.348. The Morgan fingerprint density at radius 1 is 1.19 bits per heavy atom. The van der Waals surface area contributed by atoms with E-state index in [2.05, 4.69) is 20.7 Å². The summed E-state index contributed by atoms with van der Waals surface area (Å²) in [6, 6.07) is 12.8. The maximum absolute atomic E-state index is 12.6. The second-order valence-electron chi connectivity index (χ2n) is 6.76. The summed E-state index contributed by atoms with van der Waals surface area (Å²) in [5.41, 5.74) is 4.21. The van der Waals surface area contributed by atoms with Gasteiger partial charge in [0.25, 0.3) is 0 Å². The smallest absolute Gasteiger partial charge is 0.323 e. The van der Waals surface area contributed by atoms with E-state index >= 15 is 0 Å². The molecule has 2 amide bonds. The lowest BCUT2D eigenvalue weighted by atomic mass is 10.1. The normalized spacial score (nSPS) is 11.6. The molecule has 0 aliphatic heterocycles. The lowest BCUT2D eigenvalue weighted by molar-refractivity contribution is 0.120. The molecule has 0 aliphatic rings. The Kier molecular flexibility index (Phi) is 5.55. The highest BCUT2D eigenvalue weighted by Crippen LogP contribution is 2.30.